The minimum absolute atomic E-state index is 0.286. The van der Waals surface area contributed by atoms with Crippen LogP contribution in [0.15, 0.2) is 18.3 Å². The maximum Gasteiger partial charge on any atom is 0.320 e. The summed E-state index contributed by atoms with van der Waals surface area (Å²) < 4.78 is 1.79. The summed E-state index contributed by atoms with van der Waals surface area (Å²) in [6.07, 6.45) is 3.87. The average molecular weight is 316 g/mol. The average Bonchev–Trinajstić information content (AvgIpc) is 3.24. The lowest BCUT2D eigenvalue weighted by molar-refractivity contribution is 0.248. The van der Waals surface area contributed by atoms with Crippen molar-refractivity contribution in [1.29, 1.82) is 0 Å². The van der Waals surface area contributed by atoms with Crippen molar-refractivity contribution in [3.63, 3.8) is 0 Å². The zero-order chi connectivity index (χ0) is 16.4. The molecule has 9 heteroatoms. The van der Waals surface area contributed by atoms with Crippen molar-refractivity contribution in [1.82, 2.24) is 30.5 Å². The fraction of sp³-hybridized carbons (Fsp3) is 0.500. The fourth-order valence-corrected chi connectivity index (χ4v) is 2.20. The molecule has 0 aliphatic heterocycles. The molecule has 0 bridgehead atoms. The molecule has 23 heavy (non-hydrogen) atoms. The van der Waals surface area contributed by atoms with Crippen molar-refractivity contribution in [2.75, 3.05) is 24.3 Å². The lowest BCUT2D eigenvalue weighted by atomic mass is 10.3. The first kappa shape index (κ1) is 15.2. The number of carbonyl (C=O) groups excluding carboxylic acids is 1. The second-order valence-electron chi connectivity index (χ2n) is 5.83. The lowest BCUT2D eigenvalue weighted by Crippen LogP contribution is -2.33. The molecule has 2 N–H and O–H groups in total. The van der Waals surface area contributed by atoms with Crippen molar-refractivity contribution in [2.24, 2.45) is 0 Å². The summed E-state index contributed by atoms with van der Waals surface area (Å²) in [6, 6.07) is 3.39. The summed E-state index contributed by atoms with van der Waals surface area (Å²) in [4.78, 5) is 18.2. The second kappa shape index (κ2) is 6.19. The number of rotatable bonds is 5. The Balaban J connectivity index is 1.59. The number of aromatic nitrogens is 5. The maximum absolute atomic E-state index is 12.1. The molecule has 1 atom stereocenters. The molecule has 1 aliphatic carbocycles. The molecule has 122 valence electrons. The van der Waals surface area contributed by atoms with Crippen LogP contribution in [0.2, 0.25) is 0 Å². The molecule has 0 saturated heterocycles. The number of anilines is 2. The van der Waals surface area contributed by atoms with Gasteiger partial charge in [0.05, 0.1) is 24.0 Å². The van der Waals surface area contributed by atoms with E-state index in [1.54, 1.807) is 16.9 Å². The van der Waals surface area contributed by atoms with Crippen LogP contribution in [0.4, 0.5) is 16.3 Å². The number of amides is 2. The predicted octanol–water partition coefficient (Wildman–Crippen LogP) is 1.35. The highest BCUT2D eigenvalue weighted by Gasteiger charge is 2.29. The number of pyridine rings is 1. The largest absolute Gasteiger partial charge is 0.376 e. The van der Waals surface area contributed by atoms with Gasteiger partial charge in [-0.1, -0.05) is 0 Å². The highest BCUT2D eigenvalue weighted by molar-refractivity contribution is 5.88. The zero-order valence-corrected chi connectivity index (χ0v) is 13.4. The maximum atomic E-state index is 12.1. The molecule has 1 aliphatic rings. The minimum Gasteiger partial charge on any atom is -0.376 e. The van der Waals surface area contributed by atoms with Crippen molar-refractivity contribution < 1.29 is 4.79 Å². The van der Waals surface area contributed by atoms with Gasteiger partial charge < -0.3 is 10.2 Å². The third-order valence-corrected chi connectivity index (χ3v) is 3.65. The normalized spacial score (nSPS) is 15.1. The monoisotopic (exact) mass is 316 g/mol. The van der Waals surface area contributed by atoms with Crippen LogP contribution in [0.25, 0.3) is 0 Å². The van der Waals surface area contributed by atoms with Crippen LogP contribution in [-0.2, 0) is 0 Å². The number of carbonyl (C=O) groups is 1. The number of hydrogen-bond acceptors (Lipinski definition) is 6. The van der Waals surface area contributed by atoms with Gasteiger partial charge in [-0.25, -0.2) is 14.5 Å². The van der Waals surface area contributed by atoms with Crippen molar-refractivity contribution in [3.05, 3.63) is 24.2 Å². The van der Waals surface area contributed by atoms with Crippen LogP contribution >= 0.6 is 0 Å². The smallest absolute Gasteiger partial charge is 0.320 e. The van der Waals surface area contributed by atoms with Gasteiger partial charge in [0, 0.05) is 14.1 Å². The summed E-state index contributed by atoms with van der Waals surface area (Å²) in [7, 11) is 3.87. The second-order valence-corrected chi connectivity index (χ2v) is 5.83. The molecule has 0 unspecified atom stereocenters. The van der Waals surface area contributed by atoms with Gasteiger partial charge in [0.15, 0.2) is 5.82 Å². The quantitative estimate of drug-likeness (QED) is 0.863. The van der Waals surface area contributed by atoms with Crippen molar-refractivity contribution in [2.45, 2.75) is 31.8 Å². The molecule has 0 radical (unpaired) electrons. The Morgan fingerprint density at radius 3 is 2.78 bits per heavy atom. The van der Waals surface area contributed by atoms with Gasteiger partial charge in [-0.15, -0.1) is 5.10 Å². The molecule has 0 spiro atoms. The van der Waals surface area contributed by atoms with E-state index in [2.05, 4.69) is 31.1 Å². The Kier molecular flexibility index (Phi) is 4.09. The van der Waals surface area contributed by atoms with Gasteiger partial charge in [-0.05, 0) is 42.3 Å². The van der Waals surface area contributed by atoms with E-state index in [1.165, 1.54) is 0 Å². The van der Waals surface area contributed by atoms with E-state index in [0.29, 0.717) is 17.7 Å². The van der Waals surface area contributed by atoms with Crippen molar-refractivity contribution in [3.8, 4) is 0 Å². The van der Waals surface area contributed by atoms with E-state index in [1.807, 2.05) is 32.0 Å². The first-order valence-electron chi connectivity index (χ1n) is 7.53. The summed E-state index contributed by atoms with van der Waals surface area (Å²) in [5, 5.41) is 17.2. The predicted molar refractivity (Wildman–Crippen MR) is 85.2 cm³/mol. The number of tetrazole rings is 1. The Bertz CT molecular complexity index is 676. The van der Waals surface area contributed by atoms with E-state index >= 15 is 0 Å². The van der Waals surface area contributed by atoms with Crippen LogP contribution in [0.3, 0.4) is 0 Å². The van der Waals surface area contributed by atoms with Crippen LogP contribution in [-0.4, -0.2) is 45.3 Å². The molecule has 3 rings (SSSR count). The molecule has 2 aromatic heterocycles. The highest BCUT2D eigenvalue weighted by atomic mass is 16.2. The van der Waals surface area contributed by atoms with Gasteiger partial charge in [-0.3, -0.25) is 5.32 Å². The Morgan fingerprint density at radius 1 is 1.39 bits per heavy atom. The molecule has 2 heterocycles. The molecular weight excluding hydrogens is 296 g/mol. The molecule has 2 aromatic rings. The fourth-order valence-electron chi connectivity index (χ4n) is 2.20. The number of nitrogens with zero attached hydrogens (tertiary/aromatic N) is 6. The third kappa shape index (κ3) is 3.55. The Morgan fingerprint density at radius 2 is 2.17 bits per heavy atom. The number of urea groups is 1. The van der Waals surface area contributed by atoms with Crippen LogP contribution in [0.1, 0.15) is 37.7 Å². The molecule has 1 fully saturated rings. The summed E-state index contributed by atoms with van der Waals surface area (Å²) in [5.74, 6) is 1.15. The SMILES string of the molecule is C[C@H](NC(=O)Nc1ccc(N(C)C)cn1)c1nnnn1C1CC1. The van der Waals surface area contributed by atoms with E-state index in [0.717, 1.165) is 18.5 Å². The standard InChI is InChI=1S/C14H20N8O/c1-9(13-18-19-20-22(13)10-4-5-10)16-14(23)17-12-7-6-11(8-15-12)21(2)3/h6-10H,4-5H2,1-3H3,(H2,15,16,17,23)/t9-/m0/s1. The van der Waals surface area contributed by atoms with Crippen molar-refractivity contribution >= 4 is 17.5 Å². The topological polar surface area (TPSA) is 101 Å². The molecular formula is C14H20N8O. The summed E-state index contributed by atoms with van der Waals surface area (Å²) >= 11 is 0. The molecule has 2 amide bonds. The summed E-state index contributed by atoms with van der Waals surface area (Å²) in [6.45, 7) is 1.85. The Labute approximate surface area is 134 Å². The van der Waals surface area contributed by atoms with E-state index in [-0.39, 0.29) is 12.1 Å². The first-order valence-corrected chi connectivity index (χ1v) is 7.53. The van der Waals surface area contributed by atoms with Gasteiger partial charge in [0.1, 0.15) is 5.82 Å². The lowest BCUT2D eigenvalue weighted by Gasteiger charge is -2.15. The van der Waals surface area contributed by atoms with Crippen LogP contribution < -0.4 is 15.5 Å². The van der Waals surface area contributed by atoms with E-state index in [9.17, 15) is 4.79 Å². The van der Waals surface area contributed by atoms with Crippen LogP contribution in [0, 0.1) is 0 Å². The first-order chi connectivity index (χ1) is 11.0. The molecule has 1 saturated carbocycles. The van der Waals surface area contributed by atoms with Gasteiger partial charge in [0.25, 0.3) is 0 Å². The minimum atomic E-state index is -0.340. The van der Waals surface area contributed by atoms with E-state index in [4.69, 9.17) is 0 Å². The van der Waals surface area contributed by atoms with Gasteiger partial charge in [0.2, 0.25) is 0 Å². The van der Waals surface area contributed by atoms with E-state index < -0.39 is 0 Å². The highest BCUT2D eigenvalue weighted by Crippen LogP contribution is 2.35. The molecule has 9 nitrogen and oxygen atoms in total. The summed E-state index contributed by atoms with van der Waals surface area (Å²) in [5.41, 5.74) is 0.966. The van der Waals surface area contributed by atoms with Gasteiger partial charge in [-0.2, -0.15) is 0 Å². The molecule has 0 aromatic carbocycles. The van der Waals surface area contributed by atoms with Gasteiger partial charge >= 0.3 is 6.03 Å². The third-order valence-electron chi connectivity index (χ3n) is 3.65. The Hall–Kier alpha value is -2.71. The number of nitrogens with one attached hydrogen (secondary N) is 2. The zero-order valence-electron chi connectivity index (χ0n) is 13.4. The van der Waals surface area contributed by atoms with Crippen LogP contribution in [0.5, 0.6) is 0 Å². The number of hydrogen-bond donors (Lipinski definition) is 2.